The normalized spacial score (nSPS) is 17.4. The third-order valence-corrected chi connectivity index (χ3v) is 12.5. The first-order valence-corrected chi connectivity index (χ1v) is 21.2. The van der Waals surface area contributed by atoms with Gasteiger partial charge in [0.2, 0.25) is 0 Å². The second-order valence-corrected chi connectivity index (χ2v) is 16.6. The molecule has 15 nitrogen and oxygen atoms in total. The zero-order valence-electron chi connectivity index (χ0n) is 34.6. The van der Waals surface area contributed by atoms with Crippen LogP contribution in [0.5, 0.6) is 5.75 Å². The average Bonchev–Trinajstić information content (AvgIpc) is 3.93. The molecule has 0 radical (unpaired) electrons. The van der Waals surface area contributed by atoms with Crippen LogP contribution in [-0.2, 0) is 13.1 Å². The Hall–Kier alpha value is -6.58. The summed E-state index contributed by atoms with van der Waals surface area (Å²) in [4.78, 5) is 39.1. The van der Waals surface area contributed by atoms with Crippen LogP contribution >= 0.6 is 0 Å². The highest BCUT2D eigenvalue weighted by atomic mass is 16.5. The number of aromatic nitrogens is 8. The smallest absolute Gasteiger partial charge is 0.182 e. The van der Waals surface area contributed by atoms with Gasteiger partial charge >= 0.3 is 0 Å². The van der Waals surface area contributed by atoms with Crippen molar-refractivity contribution >= 4 is 67.4 Å². The summed E-state index contributed by atoms with van der Waals surface area (Å²) in [5, 5.41) is 22.5. The zero-order chi connectivity index (χ0) is 41.3. The summed E-state index contributed by atoms with van der Waals surface area (Å²) >= 11 is 0. The number of nitrogens with one attached hydrogen (secondary N) is 5. The molecule has 6 N–H and O–H groups in total. The molecule has 312 valence electrons. The summed E-state index contributed by atoms with van der Waals surface area (Å²) in [6.07, 6.45) is 11.5. The Kier molecular flexibility index (Phi) is 10.4. The molecule has 0 aliphatic carbocycles. The molecular formula is C46H51N13O2. The topological polar surface area (TPSA) is 181 Å². The molecule has 3 saturated heterocycles. The Labute approximate surface area is 353 Å². The van der Waals surface area contributed by atoms with E-state index in [0.29, 0.717) is 42.2 Å². The monoisotopic (exact) mass is 817 g/mol. The van der Waals surface area contributed by atoms with E-state index in [9.17, 15) is 5.11 Å². The van der Waals surface area contributed by atoms with Gasteiger partial charge in [0.1, 0.15) is 40.1 Å². The molecule has 3 fully saturated rings. The minimum atomic E-state index is -0.289. The van der Waals surface area contributed by atoms with Crippen molar-refractivity contribution in [1.82, 2.24) is 45.2 Å². The fourth-order valence-corrected chi connectivity index (χ4v) is 8.88. The van der Waals surface area contributed by atoms with Crippen LogP contribution in [0.2, 0.25) is 0 Å². The quantitative estimate of drug-likeness (QED) is 0.0907. The van der Waals surface area contributed by atoms with Crippen molar-refractivity contribution < 1.29 is 9.84 Å². The molecule has 2 aromatic carbocycles. The van der Waals surface area contributed by atoms with Crippen molar-refractivity contribution in [1.29, 1.82) is 0 Å². The maximum absolute atomic E-state index is 9.92. The second-order valence-electron chi connectivity index (χ2n) is 16.6. The number of hydrogen-bond donors (Lipinski definition) is 6. The lowest BCUT2D eigenvalue weighted by atomic mass is 9.73. The van der Waals surface area contributed by atoms with Crippen LogP contribution in [0.15, 0.2) is 85.5 Å². The van der Waals surface area contributed by atoms with Crippen molar-refractivity contribution in [2.75, 3.05) is 66.8 Å². The van der Waals surface area contributed by atoms with Crippen LogP contribution in [0.25, 0.3) is 44.1 Å². The third-order valence-electron chi connectivity index (χ3n) is 12.5. The van der Waals surface area contributed by atoms with Crippen molar-refractivity contribution in [2.45, 2.75) is 51.8 Å². The van der Waals surface area contributed by atoms with E-state index < -0.39 is 0 Å². The van der Waals surface area contributed by atoms with Gasteiger partial charge in [0.15, 0.2) is 11.3 Å². The number of β-amino-alcohol motifs (C(OH)–C–C–N with tert-alkyl or cyclic N) is 1. The molecule has 1 atom stereocenters. The number of benzene rings is 2. The van der Waals surface area contributed by atoms with Gasteiger partial charge in [-0.05, 0) is 103 Å². The lowest BCUT2D eigenvalue weighted by Crippen LogP contribution is -2.58. The Bertz CT molecular complexity index is 2820. The van der Waals surface area contributed by atoms with Gasteiger partial charge in [0.25, 0.3) is 0 Å². The molecular weight excluding hydrogens is 767 g/mol. The highest BCUT2D eigenvalue weighted by molar-refractivity contribution is 5.91. The Balaban J connectivity index is 0.000000148. The predicted molar refractivity (Wildman–Crippen MR) is 241 cm³/mol. The van der Waals surface area contributed by atoms with Gasteiger partial charge in [-0.1, -0.05) is 18.2 Å². The van der Waals surface area contributed by atoms with E-state index in [1.165, 1.54) is 40.3 Å². The number of methoxy groups -OCH3 is 1. The number of ether oxygens (including phenoxy) is 1. The minimum Gasteiger partial charge on any atom is -0.495 e. The molecule has 61 heavy (non-hydrogen) atoms. The summed E-state index contributed by atoms with van der Waals surface area (Å²) in [7, 11) is 1.70. The van der Waals surface area contributed by atoms with Gasteiger partial charge < -0.3 is 45.6 Å². The molecule has 1 unspecified atom stereocenters. The van der Waals surface area contributed by atoms with Gasteiger partial charge in [-0.3, -0.25) is 0 Å². The largest absolute Gasteiger partial charge is 0.495 e. The van der Waals surface area contributed by atoms with Crippen LogP contribution in [0.3, 0.4) is 0 Å². The summed E-state index contributed by atoms with van der Waals surface area (Å²) < 4.78 is 5.50. The number of rotatable bonds is 9. The third kappa shape index (κ3) is 8.05. The molecule has 8 aromatic rings. The van der Waals surface area contributed by atoms with E-state index in [1.54, 1.807) is 19.5 Å². The first kappa shape index (κ1) is 38.6. The Morgan fingerprint density at radius 2 is 1.52 bits per heavy atom. The van der Waals surface area contributed by atoms with E-state index in [-0.39, 0.29) is 6.10 Å². The van der Waals surface area contributed by atoms with Crippen LogP contribution in [0.4, 0.5) is 23.3 Å². The molecule has 15 heteroatoms. The zero-order valence-corrected chi connectivity index (χ0v) is 34.6. The highest BCUT2D eigenvalue weighted by Crippen LogP contribution is 2.36. The molecule has 0 saturated carbocycles. The summed E-state index contributed by atoms with van der Waals surface area (Å²) in [6, 6.07) is 20.5. The number of fused-ring (bicyclic) bond motifs is 4. The number of aryl methyl sites for hydroxylation is 1. The fraction of sp³-hybridized carbons (Fsp3) is 0.348. The highest BCUT2D eigenvalue weighted by Gasteiger charge is 2.39. The van der Waals surface area contributed by atoms with E-state index in [1.807, 2.05) is 36.7 Å². The molecule has 3 aliphatic rings. The Morgan fingerprint density at radius 1 is 0.803 bits per heavy atom. The predicted octanol–water partition coefficient (Wildman–Crippen LogP) is 6.70. The molecule has 1 spiro atoms. The lowest BCUT2D eigenvalue weighted by molar-refractivity contribution is 0.126. The first-order chi connectivity index (χ1) is 29.9. The average molecular weight is 818 g/mol. The van der Waals surface area contributed by atoms with Crippen molar-refractivity contribution in [3.8, 4) is 5.75 Å². The number of aliphatic hydroxyl groups is 1. The van der Waals surface area contributed by atoms with Crippen LogP contribution < -0.4 is 30.5 Å². The van der Waals surface area contributed by atoms with Crippen molar-refractivity contribution in [3.63, 3.8) is 0 Å². The van der Waals surface area contributed by atoms with E-state index in [0.717, 1.165) is 90.8 Å². The van der Waals surface area contributed by atoms with E-state index in [2.05, 4.69) is 99.0 Å². The van der Waals surface area contributed by atoms with Gasteiger partial charge in [-0.15, -0.1) is 0 Å². The number of piperidine rings is 2. The number of anilines is 4. The summed E-state index contributed by atoms with van der Waals surface area (Å²) in [6.45, 7) is 9.35. The van der Waals surface area contributed by atoms with Crippen molar-refractivity contribution in [3.05, 3.63) is 102 Å². The SMILES string of the molecule is COc1ccc(CNc2cnc3ccc(N4CCC5(CC4)CNC5)nc3n2)c2c(C)c[nH]c12.OC1CCCN(c2ccc3ncc(NCc4ccc5cc[nH]c5c4)nc3n2)C1. The van der Waals surface area contributed by atoms with Gasteiger partial charge in [0.05, 0.1) is 31.1 Å². The van der Waals surface area contributed by atoms with Crippen LogP contribution in [0, 0.1) is 12.3 Å². The number of hydrogen-bond acceptors (Lipinski definition) is 13. The molecule has 0 bridgehead atoms. The molecule has 9 heterocycles. The molecule has 0 amide bonds. The number of aromatic amines is 2. The van der Waals surface area contributed by atoms with Crippen LogP contribution in [-0.4, -0.2) is 97.5 Å². The fourth-order valence-electron chi connectivity index (χ4n) is 8.88. The lowest BCUT2D eigenvalue weighted by Gasteiger charge is -2.48. The van der Waals surface area contributed by atoms with E-state index >= 15 is 0 Å². The number of H-pyrrole nitrogens is 2. The standard InChI is InChI=1S/C25H29N7O.C21H22N6O/c1-16-11-29-23-19(33-2)5-3-17(22(16)23)12-28-20-13-27-18-4-6-21(31-24(18)30-20)32-9-7-25(8-10-32)14-26-15-25;28-16-2-1-9-27(13-16)20-6-5-17-21(26-20)25-19(12-23-17)24-11-14-3-4-15-7-8-22-18(15)10-14/h3-6,11,13,26,29H,7-10,12,14-15H2,1-2H3,(H,28,30,31);3-8,10,12,16,22,28H,1-2,9,11,13H2,(H,24,25,26). The number of pyridine rings is 2. The van der Waals surface area contributed by atoms with Gasteiger partial charge in [-0.2, -0.15) is 0 Å². The molecule has 3 aliphatic heterocycles. The maximum Gasteiger partial charge on any atom is 0.182 e. The van der Waals surface area contributed by atoms with Gasteiger partial charge in [0, 0.05) is 75.7 Å². The van der Waals surface area contributed by atoms with Crippen LogP contribution in [0.1, 0.15) is 42.4 Å². The number of aliphatic hydroxyl groups excluding tert-OH is 1. The van der Waals surface area contributed by atoms with Gasteiger partial charge in [-0.25, -0.2) is 29.9 Å². The van der Waals surface area contributed by atoms with Crippen molar-refractivity contribution in [2.24, 2.45) is 5.41 Å². The summed E-state index contributed by atoms with van der Waals surface area (Å²) in [5.74, 6) is 4.11. The summed E-state index contributed by atoms with van der Waals surface area (Å²) in [5.41, 5.74) is 9.08. The molecule has 11 rings (SSSR count). The first-order valence-electron chi connectivity index (χ1n) is 21.2. The molecule has 6 aromatic heterocycles. The van der Waals surface area contributed by atoms with E-state index in [4.69, 9.17) is 14.7 Å². The Morgan fingerprint density at radius 3 is 2.21 bits per heavy atom. The second kappa shape index (κ2) is 16.5. The number of nitrogens with zero attached hydrogens (tertiary/aromatic N) is 8. The maximum atomic E-state index is 9.92. The minimum absolute atomic E-state index is 0.289.